The molecule has 0 radical (unpaired) electrons. The first kappa shape index (κ1) is 11.0. The van der Waals surface area contributed by atoms with Gasteiger partial charge in [0.1, 0.15) is 0 Å². The molecular weight excluding hydrogens is 200 g/mol. The van der Waals surface area contributed by atoms with Crippen molar-refractivity contribution in [2.45, 2.75) is 19.8 Å². The molecule has 0 bridgehead atoms. The summed E-state index contributed by atoms with van der Waals surface area (Å²) in [6.45, 7) is 2.74. The zero-order valence-electron chi connectivity index (χ0n) is 8.36. The van der Waals surface area contributed by atoms with E-state index in [2.05, 4.69) is 4.98 Å². The zero-order valence-corrected chi connectivity index (χ0v) is 9.17. The van der Waals surface area contributed by atoms with Crippen molar-refractivity contribution in [3.05, 3.63) is 11.1 Å². The van der Waals surface area contributed by atoms with E-state index in [1.54, 1.807) is 11.3 Å². The molecule has 5 heteroatoms. The van der Waals surface area contributed by atoms with Gasteiger partial charge < -0.3 is 10.0 Å². The number of thiazole rings is 1. The van der Waals surface area contributed by atoms with E-state index in [0.29, 0.717) is 6.42 Å². The van der Waals surface area contributed by atoms with Crippen LogP contribution < -0.4 is 4.90 Å². The highest BCUT2D eigenvalue weighted by Gasteiger charge is 2.05. The first-order valence-corrected chi connectivity index (χ1v) is 5.26. The second kappa shape index (κ2) is 4.95. The standard InChI is InChI=1S/C9H14N2O2S/c1-7-6-10-9(14-7)11(2)5-3-4-8(12)13/h6H,3-5H2,1-2H3,(H,12,13). The fraction of sp³-hybridized carbons (Fsp3) is 0.556. The molecule has 0 spiro atoms. The second-order valence-corrected chi connectivity index (χ2v) is 4.39. The van der Waals surface area contributed by atoms with E-state index in [-0.39, 0.29) is 6.42 Å². The van der Waals surface area contributed by atoms with Gasteiger partial charge in [-0.05, 0) is 13.3 Å². The molecule has 1 aromatic heterocycles. The van der Waals surface area contributed by atoms with Crippen LogP contribution in [0.1, 0.15) is 17.7 Å². The largest absolute Gasteiger partial charge is 0.481 e. The molecule has 1 rings (SSSR count). The van der Waals surface area contributed by atoms with Crippen molar-refractivity contribution in [2.24, 2.45) is 0 Å². The third-order valence-corrected chi connectivity index (χ3v) is 2.85. The molecule has 0 amide bonds. The summed E-state index contributed by atoms with van der Waals surface area (Å²) in [5, 5.41) is 9.42. The molecule has 0 aliphatic rings. The van der Waals surface area contributed by atoms with Crippen molar-refractivity contribution in [2.75, 3.05) is 18.5 Å². The molecule has 0 aromatic carbocycles. The van der Waals surface area contributed by atoms with Crippen LogP contribution in [-0.2, 0) is 4.79 Å². The molecule has 0 aliphatic heterocycles. The SMILES string of the molecule is Cc1cnc(N(C)CCCC(=O)O)s1. The fourth-order valence-corrected chi connectivity index (χ4v) is 1.83. The molecule has 0 aliphatic carbocycles. The van der Waals surface area contributed by atoms with Crippen molar-refractivity contribution in [1.29, 1.82) is 0 Å². The van der Waals surface area contributed by atoms with Gasteiger partial charge in [0.25, 0.3) is 0 Å². The summed E-state index contributed by atoms with van der Waals surface area (Å²) in [7, 11) is 1.93. The number of carboxylic acids is 1. The Balaban J connectivity index is 2.35. The summed E-state index contributed by atoms with van der Waals surface area (Å²) in [6.07, 6.45) is 2.70. The topological polar surface area (TPSA) is 53.4 Å². The van der Waals surface area contributed by atoms with E-state index >= 15 is 0 Å². The smallest absolute Gasteiger partial charge is 0.303 e. The number of carbonyl (C=O) groups is 1. The minimum atomic E-state index is -0.742. The molecule has 14 heavy (non-hydrogen) atoms. The summed E-state index contributed by atoms with van der Waals surface area (Å²) in [6, 6.07) is 0. The Hall–Kier alpha value is -1.10. The lowest BCUT2D eigenvalue weighted by atomic mass is 10.3. The lowest BCUT2D eigenvalue weighted by Crippen LogP contribution is -2.18. The van der Waals surface area contributed by atoms with Gasteiger partial charge in [-0.25, -0.2) is 4.98 Å². The quantitative estimate of drug-likeness (QED) is 0.811. The molecular formula is C9H14N2O2S. The lowest BCUT2D eigenvalue weighted by Gasteiger charge is -2.14. The number of aliphatic carboxylic acids is 1. The van der Waals surface area contributed by atoms with E-state index in [1.165, 1.54) is 4.88 Å². The van der Waals surface area contributed by atoms with Crippen molar-refractivity contribution < 1.29 is 9.90 Å². The Kier molecular flexibility index (Phi) is 3.88. The molecule has 0 fully saturated rings. The van der Waals surface area contributed by atoms with Gasteiger partial charge in [0, 0.05) is 31.1 Å². The average Bonchev–Trinajstić information content (AvgIpc) is 2.51. The van der Waals surface area contributed by atoms with Gasteiger partial charge in [-0.2, -0.15) is 0 Å². The Morgan fingerprint density at radius 3 is 2.93 bits per heavy atom. The predicted octanol–water partition coefficient (Wildman–Crippen LogP) is 1.75. The molecule has 4 nitrogen and oxygen atoms in total. The van der Waals surface area contributed by atoms with Crippen LogP contribution in [-0.4, -0.2) is 29.7 Å². The lowest BCUT2D eigenvalue weighted by molar-refractivity contribution is -0.137. The number of anilines is 1. The maximum absolute atomic E-state index is 10.3. The Labute approximate surface area is 87.2 Å². The highest BCUT2D eigenvalue weighted by molar-refractivity contribution is 7.15. The van der Waals surface area contributed by atoms with Crippen LogP contribution in [0.5, 0.6) is 0 Å². The molecule has 78 valence electrons. The molecule has 1 N–H and O–H groups in total. The van der Waals surface area contributed by atoms with Gasteiger partial charge in [0.05, 0.1) is 0 Å². The van der Waals surface area contributed by atoms with Crippen molar-refractivity contribution >= 4 is 22.4 Å². The van der Waals surface area contributed by atoms with Gasteiger partial charge in [0.2, 0.25) is 0 Å². The number of aromatic nitrogens is 1. The number of nitrogens with zero attached hydrogens (tertiary/aromatic N) is 2. The van der Waals surface area contributed by atoms with Crippen LogP contribution in [0.15, 0.2) is 6.20 Å². The zero-order chi connectivity index (χ0) is 10.6. The van der Waals surface area contributed by atoms with Crippen molar-refractivity contribution in [3.63, 3.8) is 0 Å². The van der Waals surface area contributed by atoms with Crippen LogP contribution in [0.2, 0.25) is 0 Å². The molecule has 0 saturated carbocycles. The summed E-state index contributed by atoms with van der Waals surface area (Å²) >= 11 is 1.62. The first-order valence-electron chi connectivity index (χ1n) is 4.45. The predicted molar refractivity (Wildman–Crippen MR) is 57.0 cm³/mol. The summed E-state index contributed by atoms with van der Waals surface area (Å²) < 4.78 is 0. The number of hydrogen-bond acceptors (Lipinski definition) is 4. The third kappa shape index (κ3) is 3.33. The minimum absolute atomic E-state index is 0.217. The van der Waals surface area contributed by atoms with E-state index in [4.69, 9.17) is 5.11 Å². The van der Waals surface area contributed by atoms with Gasteiger partial charge in [-0.15, -0.1) is 11.3 Å². The Bertz CT molecular complexity index is 312. The van der Waals surface area contributed by atoms with Gasteiger partial charge in [0.15, 0.2) is 5.13 Å². The molecule has 0 saturated heterocycles. The van der Waals surface area contributed by atoms with Gasteiger partial charge in [-0.3, -0.25) is 4.79 Å². The van der Waals surface area contributed by atoms with Crippen LogP contribution in [0.25, 0.3) is 0 Å². The van der Waals surface area contributed by atoms with Crippen molar-refractivity contribution in [1.82, 2.24) is 4.98 Å². The highest BCUT2D eigenvalue weighted by Crippen LogP contribution is 2.20. The monoisotopic (exact) mass is 214 g/mol. The van der Waals surface area contributed by atoms with Crippen LogP contribution in [0.4, 0.5) is 5.13 Å². The van der Waals surface area contributed by atoms with Crippen LogP contribution >= 0.6 is 11.3 Å². The third-order valence-electron chi connectivity index (χ3n) is 1.82. The summed E-state index contributed by atoms with van der Waals surface area (Å²) in [5.74, 6) is -0.742. The van der Waals surface area contributed by atoms with Gasteiger partial charge >= 0.3 is 5.97 Å². The van der Waals surface area contributed by atoms with Gasteiger partial charge in [-0.1, -0.05) is 0 Å². The maximum Gasteiger partial charge on any atom is 0.303 e. The highest BCUT2D eigenvalue weighted by atomic mass is 32.1. The van der Waals surface area contributed by atoms with E-state index < -0.39 is 5.97 Å². The number of carboxylic acid groups (broad SMARTS) is 1. The normalized spacial score (nSPS) is 10.1. The first-order chi connectivity index (χ1) is 6.59. The van der Waals surface area contributed by atoms with E-state index in [1.807, 2.05) is 25.1 Å². The molecule has 0 unspecified atom stereocenters. The minimum Gasteiger partial charge on any atom is -0.481 e. The fourth-order valence-electron chi connectivity index (χ4n) is 1.08. The Morgan fingerprint density at radius 2 is 2.43 bits per heavy atom. The number of hydrogen-bond donors (Lipinski definition) is 1. The maximum atomic E-state index is 10.3. The average molecular weight is 214 g/mol. The van der Waals surface area contributed by atoms with Crippen LogP contribution in [0.3, 0.4) is 0 Å². The Morgan fingerprint density at radius 1 is 1.71 bits per heavy atom. The molecule has 0 atom stereocenters. The number of rotatable bonds is 5. The van der Waals surface area contributed by atoms with Crippen molar-refractivity contribution in [3.8, 4) is 0 Å². The second-order valence-electron chi connectivity index (χ2n) is 3.17. The number of aryl methyl sites for hydroxylation is 1. The molecule has 1 heterocycles. The summed E-state index contributed by atoms with van der Waals surface area (Å²) in [4.78, 5) is 17.7. The van der Waals surface area contributed by atoms with E-state index in [0.717, 1.165) is 11.7 Å². The molecule has 1 aromatic rings. The summed E-state index contributed by atoms with van der Waals surface area (Å²) in [5.41, 5.74) is 0. The van der Waals surface area contributed by atoms with E-state index in [9.17, 15) is 4.79 Å². The van der Waals surface area contributed by atoms with Crippen LogP contribution in [0, 0.1) is 6.92 Å².